The van der Waals surface area contributed by atoms with Crippen molar-refractivity contribution >= 4 is 11.9 Å². The zero-order valence-corrected chi connectivity index (χ0v) is 15.7. The van der Waals surface area contributed by atoms with Crippen LogP contribution in [0.25, 0.3) is 0 Å². The number of esters is 1. The Morgan fingerprint density at radius 1 is 1.20 bits per heavy atom. The third-order valence-corrected chi connectivity index (χ3v) is 3.45. The topological polar surface area (TPSA) is 102 Å². The smallest absolute Gasteiger partial charge is 0.329 e. The Morgan fingerprint density at radius 2 is 1.76 bits per heavy atom. The molecule has 1 rings (SSSR count). The van der Waals surface area contributed by atoms with Gasteiger partial charge >= 0.3 is 5.97 Å². The molecular weight excluding hydrogens is 320 g/mol. The second-order valence-corrected chi connectivity index (χ2v) is 7.70. The zero-order chi connectivity index (χ0) is 19.2. The summed E-state index contributed by atoms with van der Waals surface area (Å²) in [5.74, 6) is -0.465. The fourth-order valence-electron chi connectivity index (χ4n) is 2.33. The minimum absolute atomic E-state index is 0.139. The molecule has 2 atom stereocenters. The van der Waals surface area contributed by atoms with E-state index in [0.717, 1.165) is 5.56 Å². The molecule has 0 fully saturated rings. The lowest BCUT2D eigenvalue weighted by atomic mass is 10.0. The molecular formula is C19H30N2O4. The number of nitrogens with two attached hydrogens (primary N) is 1. The van der Waals surface area contributed by atoms with Gasteiger partial charge in [-0.25, -0.2) is 4.79 Å². The van der Waals surface area contributed by atoms with E-state index in [2.05, 4.69) is 5.32 Å². The van der Waals surface area contributed by atoms with Crippen LogP contribution >= 0.6 is 0 Å². The molecule has 0 saturated heterocycles. The van der Waals surface area contributed by atoms with Gasteiger partial charge in [0.25, 0.3) is 0 Å². The number of phenols is 1. The number of nitrogens with one attached hydrogen (secondary N) is 1. The van der Waals surface area contributed by atoms with Crippen molar-refractivity contribution in [2.24, 2.45) is 11.7 Å². The fraction of sp³-hybridized carbons (Fsp3) is 0.579. The second-order valence-electron chi connectivity index (χ2n) is 7.70. The fourth-order valence-corrected chi connectivity index (χ4v) is 2.33. The summed E-state index contributed by atoms with van der Waals surface area (Å²) in [6.45, 7) is 9.28. The van der Waals surface area contributed by atoms with Crippen LogP contribution in [0.1, 0.15) is 46.6 Å². The molecule has 0 aliphatic rings. The van der Waals surface area contributed by atoms with Gasteiger partial charge in [0.1, 0.15) is 17.4 Å². The Morgan fingerprint density at radius 3 is 2.24 bits per heavy atom. The predicted octanol–water partition coefficient (Wildman–Crippen LogP) is 2.13. The highest BCUT2D eigenvalue weighted by atomic mass is 16.6. The van der Waals surface area contributed by atoms with Crippen LogP contribution in [0.3, 0.4) is 0 Å². The van der Waals surface area contributed by atoms with Gasteiger partial charge in [-0.05, 0) is 50.8 Å². The van der Waals surface area contributed by atoms with Crippen LogP contribution in [-0.2, 0) is 20.7 Å². The first-order valence-electron chi connectivity index (χ1n) is 8.54. The predicted molar refractivity (Wildman–Crippen MR) is 97.0 cm³/mol. The van der Waals surface area contributed by atoms with E-state index in [1.165, 1.54) is 12.1 Å². The van der Waals surface area contributed by atoms with Crippen LogP contribution < -0.4 is 11.1 Å². The third kappa shape index (κ3) is 8.03. The number of phenolic OH excluding ortho intramolecular Hbond substituents is 1. The number of hydrogen-bond donors (Lipinski definition) is 3. The Bertz CT molecular complexity index is 576. The van der Waals surface area contributed by atoms with E-state index < -0.39 is 23.7 Å². The molecule has 0 aliphatic heterocycles. The number of carbonyl (C=O) groups excluding carboxylic acids is 2. The van der Waals surface area contributed by atoms with Crippen LogP contribution in [0.5, 0.6) is 5.75 Å². The molecule has 1 aromatic rings. The van der Waals surface area contributed by atoms with Crippen molar-refractivity contribution in [3.63, 3.8) is 0 Å². The molecule has 0 bridgehead atoms. The first kappa shape index (κ1) is 21.0. The molecule has 6 nitrogen and oxygen atoms in total. The quantitative estimate of drug-likeness (QED) is 0.654. The van der Waals surface area contributed by atoms with Gasteiger partial charge in [-0.3, -0.25) is 4.79 Å². The molecule has 0 aromatic heterocycles. The summed E-state index contributed by atoms with van der Waals surface area (Å²) < 4.78 is 5.41. The largest absolute Gasteiger partial charge is 0.508 e. The Balaban J connectivity index is 2.88. The monoisotopic (exact) mass is 350 g/mol. The van der Waals surface area contributed by atoms with Gasteiger partial charge < -0.3 is 20.9 Å². The number of ether oxygens (including phenoxy) is 1. The molecule has 4 N–H and O–H groups in total. The highest BCUT2D eigenvalue weighted by molar-refractivity contribution is 5.87. The van der Waals surface area contributed by atoms with Crippen LogP contribution in [-0.4, -0.2) is 34.7 Å². The van der Waals surface area contributed by atoms with E-state index in [1.54, 1.807) is 32.9 Å². The SMILES string of the molecule is CC(C)CC(N)C(=O)NC(Cc1ccc(O)cc1)C(=O)OC(C)(C)C. The molecule has 0 heterocycles. The van der Waals surface area contributed by atoms with Crippen LogP contribution in [0.15, 0.2) is 24.3 Å². The zero-order valence-electron chi connectivity index (χ0n) is 15.7. The van der Waals surface area contributed by atoms with Crippen molar-refractivity contribution in [1.82, 2.24) is 5.32 Å². The maximum Gasteiger partial charge on any atom is 0.329 e. The van der Waals surface area contributed by atoms with Gasteiger partial charge in [0, 0.05) is 6.42 Å². The summed E-state index contributed by atoms with van der Waals surface area (Å²) in [6, 6.07) is 4.96. The molecule has 2 unspecified atom stereocenters. The number of hydrogen-bond acceptors (Lipinski definition) is 5. The highest BCUT2D eigenvalue weighted by Gasteiger charge is 2.28. The molecule has 140 valence electrons. The van der Waals surface area contributed by atoms with E-state index in [4.69, 9.17) is 10.5 Å². The molecule has 1 amide bonds. The molecule has 0 radical (unpaired) electrons. The minimum Gasteiger partial charge on any atom is -0.508 e. The minimum atomic E-state index is -0.838. The van der Waals surface area contributed by atoms with Gasteiger partial charge in [-0.15, -0.1) is 0 Å². The van der Waals surface area contributed by atoms with Gasteiger partial charge in [-0.2, -0.15) is 0 Å². The maximum atomic E-state index is 12.5. The molecule has 0 spiro atoms. The number of aromatic hydroxyl groups is 1. The van der Waals surface area contributed by atoms with Crippen molar-refractivity contribution in [1.29, 1.82) is 0 Å². The lowest BCUT2D eigenvalue weighted by Gasteiger charge is -2.25. The normalized spacial score (nSPS) is 14.0. The summed E-state index contributed by atoms with van der Waals surface area (Å²) >= 11 is 0. The Kier molecular flexibility index (Phi) is 7.42. The van der Waals surface area contributed by atoms with Gasteiger partial charge in [0.2, 0.25) is 5.91 Å². The summed E-state index contributed by atoms with van der Waals surface area (Å²) in [5, 5.41) is 12.1. The summed E-state index contributed by atoms with van der Waals surface area (Å²) in [4.78, 5) is 24.8. The third-order valence-electron chi connectivity index (χ3n) is 3.45. The van der Waals surface area contributed by atoms with Gasteiger partial charge in [-0.1, -0.05) is 26.0 Å². The van der Waals surface area contributed by atoms with Crippen molar-refractivity contribution in [3.8, 4) is 5.75 Å². The number of carbonyl (C=O) groups is 2. The average molecular weight is 350 g/mol. The van der Waals surface area contributed by atoms with E-state index in [-0.39, 0.29) is 24.0 Å². The molecule has 1 aromatic carbocycles. The summed E-state index contributed by atoms with van der Waals surface area (Å²) in [7, 11) is 0. The lowest BCUT2D eigenvalue weighted by Crippen LogP contribution is -2.51. The standard InChI is InChI=1S/C19H30N2O4/c1-12(2)10-15(20)17(23)21-16(18(24)25-19(3,4)5)11-13-6-8-14(22)9-7-13/h6-9,12,15-16,22H,10-11,20H2,1-5H3,(H,21,23). The Labute approximate surface area is 149 Å². The summed E-state index contributed by atoms with van der Waals surface area (Å²) in [6.07, 6.45) is 0.793. The van der Waals surface area contributed by atoms with Crippen molar-refractivity contribution < 1.29 is 19.4 Å². The molecule has 0 saturated carbocycles. The van der Waals surface area contributed by atoms with Crippen LogP contribution in [0.4, 0.5) is 0 Å². The second kappa shape index (κ2) is 8.85. The number of amides is 1. The van der Waals surface area contributed by atoms with Crippen LogP contribution in [0, 0.1) is 5.92 Å². The summed E-state index contributed by atoms with van der Waals surface area (Å²) in [5.41, 5.74) is 6.05. The van der Waals surface area contributed by atoms with E-state index in [0.29, 0.717) is 6.42 Å². The molecule has 6 heteroatoms. The maximum absolute atomic E-state index is 12.5. The highest BCUT2D eigenvalue weighted by Crippen LogP contribution is 2.15. The van der Waals surface area contributed by atoms with Crippen molar-refractivity contribution in [3.05, 3.63) is 29.8 Å². The van der Waals surface area contributed by atoms with E-state index >= 15 is 0 Å². The van der Waals surface area contributed by atoms with E-state index in [9.17, 15) is 14.7 Å². The first-order valence-corrected chi connectivity index (χ1v) is 8.54. The number of rotatable bonds is 7. The number of benzene rings is 1. The molecule has 0 aliphatic carbocycles. The van der Waals surface area contributed by atoms with Crippen molar-refractivity contribution in [2.45, 2.75) is 65.1 Å². The van der Waals surface area contributed by atoms with E-state index in [1.807, 2.05) is 13.8 Å². The first-order chi connectivity index (χ1) is 11.5. The van der Waals surface area contributed by atoms with Gasteiger partial charge in [0.15, 0.2) is 0 Å². The average Bonchev–Trinajstić information content (AvgIpc) is 2.46. The van der Waals surface area contributed by atoms with Crippen LogP contribution in [0.2, 0.25) is 0 Å². The Hall–Kier alpha value is -2.08. The molecule has 25 heavy (non-hydrogen) atoms. The van der Waals surface area contributed by atoms with Gasteiger partial charge in [0.05, 0.1) is 6.04 Å². The lowest BCUT2D eigenvalue weighted by molar-refractivity contribution is -0.158. The van der Waals surface area contributed by atoms with Crippen molar-refractivity contribution in [2.75, 3.05) is 0 Å².